The molecule has 1 fully saturated rings. The quantitative estimate of drug-likeness (QED) is 0.597. The Morgan fingerprint density at radius 3 is 2.76 bits per heavy atom. The molecule has 0 amide bonds. The molecule has 4 nitrogen and oxygen atoms in total. The highest BCUT2D eigenvalue weighted by atomic mass is 16.5. The highest BCUT2D eigenvalue weighted by Crippen LogP contribution is 2.48. The number of hydrogen-bond acceptors (Lipinski definition) is 4. The predicted molar refractivity (Wildman–Crippen MR) is 63.6 cm³/mol. The number of carbonyl (C=O) groups excluding carboxylic acids is 1. The van der Waals surface area contributed by atoms with Crippen molar-refractivity contribution >= 4 is 5.97 Å². The van der Waals surface area contributed by atoms with Crippen LogP contribution in [0.3, 0.4) is 0 Å². The lowest BCUT2D eigenvalue weighted by Crippen LogP contribution is -2.11. The summed E-state index contributed by atoms with van der Waals surface area (Å²) in [5, 5.41) is 9.17. The number of nitrogens with two attached hydrogens (primary N) is 1. The van der Waals surface area contributed by atoms with Gasteiger partial charge in [0.2, 0.25) is 0 Å². The topological polar surface area (TPSA) is 72.5 Å². The van der Waals surface area contributed by atoms with Gasteiger partial charge in [-0.3, -0.25) is 4.79 Å². The normalized spacial score (nSPS) is 22.2. The van der Waals surface area contributed by atoms with Gasteiger partial charge in [-0.1, -0.05) is 12.1 Å². The van der Waals surface area contributed by atoms with Gasteiger partial charge in [0.1, 0.15) is 5.75 Å². The van der Waals surface area contributed by atoms with Crippen molar-refractivity contribution in [1.29, 1.82) is 0 Å². The standard InChI is InChI=1S/C13H17NO3/c14-6-1-7-17-13(16)12-8-11(12)9-2-4-10(15)5-3-9/h2-5,11-12,15H,1,6-8,14H2. The van der Waals surface area contributed by atoms with Gasteiger partial charge in [-0.25, -0.2) is 0 Å². The Kier molecular flexibility index (Phi) is 3.64. The van der Waals surface area contributed by atoms with Gasteiger partial charge in [-0.15, -0.1) is 0 Å². The van der Waals surface area contributed by atoms with E-state index in [1.165, 1.54) is 0 Å². The van der Waals surface area contributed by atoms with Crippen LogP contribution in [0.4, 0.5) is 0 Å². The molecule has 0 spiro atoms. The van der Waals surface area contributed by atoms with Crippen LogP contribution in [0, 0.1) is 5.92 Å². The number of aromatic hydroxyl groups is 1. The minimum absolute atomic E-state index is 0.0164. The van der Waals surface area contributed by atoms with Crippen LogP contribution < -0.4 is 5.73 Å². The monoisotopic (exact) mass is 235 g/mol. The molecule has 17 heavy (non-hydrogen) atoms. The summed E-state index contributed by atoms with van der Waals surface area (Å²) in [6, 6.07) is 7.00. The van der Waals surface area contributed by atoms with Gasteiger partial charge in [0, 0.05) is 0 Å². The lowest BCUT2D eigenvalue weighted by Gasteiger charge is -2.03. The van der Waals surface area contributed by atoms with Gasteiger partial charge >= 0.3 is 5.97 Å². The van der Waals surface area contributed by atoms with Crippen LogP contribution in [0.1, 0.15) is 24.3 Å². The second-order valence-corrected chi connectivity index (χ2v) is 4.35. The molecule has 1 aromatic carbocycles. The van der Waals surface area contributed by atoms with Crippen LogP contribution in [0.2, 0.25) is 0 Å². The van der Waals surface area contributed by atoms with E-state index in [1.807, 2.05) is 12.1 Å². The summed E-state index contributed by atoms with van der Waals surface area (Å²) in [4.78, 5) is 11.6. The number of phenols is 1. The van der Waals surface area contributed by atoms with Gasteiger partial charge in [-0.05, 0) is 43.0 Å². The Morgan fingerprint density at radius 2 is 2.12 bits per heavy atom. The van der Waals surface area contributed by atoms with Gasteiger partial charge < -0.3 is 15.6 Å². The van der Waals surface area contributed by atoms with E-state index < -0.39 is 0 Å². The Labute approximate surface area is 100 Å². The summed E-state index contributed by atoms with van der Waals surface area (Å²) in [6.45, 7) is 0.952. The number of phenolic OH excluding ortho intramolecular Hbond substituents is 1. The zero-order chi connectivity index (χ0) is 12.3. The van der Waals surface area contributed by atoms with E-state index in [-0.39, 0.29) is 23.6 Å². The summed E-state index contributed by atoms with van der Waals surface area (Å²) >= 11 is 0. The molecule has 0 saturated heterocycles. The largest absolute Gasteiger partial charge is 0.508 e. The van der Waals surface area contributed by atoms with Crippen molar-refractivity contribution in [3.63, 3.8) is 0 Å². The van der Waals surface area contributed by atoms with Crippen molar-refractivity contribution in [1.82, 2.24) is 0 Å². The van der Waals surface area contributed by atoms with Crippen LogP contribution in [0.5, 0.6) is 5.75 Å². The minimum Gasteiger partial charge on any atom is -0.508 e. The number of benzene rings is 1. The highest BCUT2D eigenvalue weighted by Gasteiger charge is 2.45. The summed E-state index contributed by atoms with van der Waals surface area (Å²) in [7, 11) is 0. The van der Waals surface area contributed by atoms with Gasteiger partial charge in [-0.2, -0.15) is 0 Å². The first-order valence-electron chi connectivity index (χ1n) is 5.88. The molecule has 1 aliphatic carbocycles. The molecule has 0 aliphatic heterocycles. The Balaban J connectivity index is 1.83. The summed E-state index contributed by atoms with van der Waals surface area (Å²) < 4.78 is 5.11. The van der Waals surface area contributed by atoms with Crippen LogP contribution in [0.15, 0.2) is 24.3 Å². The predicted octanol–water partition coefficient (Wildman–Crippen LogP) is 1.39. The molecule has 0 heterocycles. The van der Waals surface area contributed by atoms with E-state index >= 15 is 0 Å². The maximum Gasteiger partial charge on any atom is 0.309 e. The Hall–Kier alpha value is -1.55. The Bertz CT molecular complexity index is 388. The second kappa shape index (κ2) is 5.19. The zero-order valence-electron chi connectivity index (χ0n) is 9.63. The van der Waals surface area contributed by atoms with Crippen molar-refractivity contribution in [2.24, 2.45) is 11.7 Å². The molecule has 0 bridgehead atoms. The fourth-order valence-electron chi connectivity index (χ4n) is 1.91. The van der Waals surface area contributed by atoms with E-state index in [9.17, 15) is 9.90 Å². The first-order valence-corrected chi connectivity index (χ1v) is 5.88. The van der Waals surface area contributed by atoms with Crippen molar-refractivity contribution in [2.75, 3.05) is 13.2 Å². The third-order valence-corrected chi connectivity index (χ3v) is 3.01. The number of carbonyl (C=O) groups is 1. The molecule has 1 aliphatic rings. The number of ether oxygens (including phenoxy) is 1. The molecule has 0 aromatic heterocycles. The van der Waals surface area contributed by atoms with Crippen LogP contribution in [-0.4, -0.2) is 24.2 Å². The smallest absolute Gasteiger partial charge is 0.309 e. The zero-order valence-corrected chi connectivity index (χ0v) is 9.63. The van der Waals surface area contributed by atoms with Gasteiger partial charge in [0.15, 0.2) is 0 Å². The van der Waals surface area contributed by atoms with Gasteiger partial charge in [0.05, 0.1) is 12.5 Å². The number of rotatable bonds is 5. The first kappa shape index (κ1) is 11.9. The maximum absolute atomic E-state index is 11.6. The SMILES string of the molecule is NCCCOC(=O)C1CC1c1ccc(O)cc1. The average molecular weight is 235 g/mol. The van der Waals surface area contributed by atoms with Crippen LogP contribution in [0.25, 0.3) is 0 Å². The van der Waals surface area contributed by atoms with E-state index in [0.717, 1.165) is 12.0 Å². The van der Waals surface area contributed by atoms with E-state index in [0.29, 0.717) is 19.6 Å². The summed E-state index contributed by atoms with van der Waals surface area (Å²) in [5.74, 6) is 0.353. The summed E-state index contributed by atoms with van der Waals surface area (Å²) in [6.07, 6.45) is 1.55. The van der Waals surface area contributed by atoms with Crippen molar-refractivity contribution in [3.8, 4) is 5.75 Å². The highest BCUT2D eigenvalue weighted by molar-refractivity contribution is 5.77. The Morgan fingerprint density at radius 1 is 1.41 bits per heavy atom. The molecule has 3 N–H and O–H groups in total. The number of hydrogen-bond donors (Lipinski definition) is 2. The molecule has 2 unspecified atom stereocenters. The molecule has 2 atom stereocenters. The second-order valence-electron chi connectivity index (χ2n) is 4.35. The lowest BCUT2D eigenvalue weighted by atomic mass is 10.1. The minimum atomic E-state index is -0.128. The molecule has 1 saturated carbocycles. The van der Waals surface area contributed by atoms with Crippen molar-refractivity contribution in [3.05, 3.63) is 29.8 Å². The van der Waals surface area contributed by atoms with Crippen molar-refractivity contribution in [2.45, 2.75) is 18.8 Å². The number of esters is 1. The first-order chi connectivity index (χ1) is 8.22. The average Bonchev–Trinajstić information content (AvgIpc) is 3.10. The molecule has 92 valence electrons. The molecule has 2 rings (SSSR count). The fourth-order valence-corrected chi connectivity index (χ4v) is 1.91. The molecule has 1 aromatic rings. The van der Waals surface area contributed by atoms with E-state index in [2.05, 4.69) is 0 Å². The van der Waals surface area contributed by atoms with Crippen molar-refractivity contribution < 1.29 is 14.6 Å². The fraction of sp³-hybridized carbons (Fsp3) is 0.462. The van der Waals surface area contributed by atoms with E-state index in [4.69, 9.17) is 10.5 Å². The van der Waals surface area contributed by atoms with Crippen LogP contribution >= 0.6 is 0 Å². The maximum atomic E-state index is 11.6. The molecular weight excluding hydrogens is 218 g/mol. The lowest BCUT2D eigenvalue weighted by molar-refractivity contribution is -0.145. The third-order valence-electron chi connectivity index (χ3n) is 3.01. The van der Waals surface area contributed by atoms with Crippen LogP contribution in [-0.2, 0) is 9.53 Å². The third kappa shape index (κ3) is 2.97. The van der Waals surface area contributed by atoms with Gasteiger partial charge in [0.25, 0.3) is 0 Å². The molecule has 0 radical (unpaired) electrons. The molecule has 4 heteroatoms. The summed E-state index contributed by atoms with van der Waals surface area (Å²) in [5.41, 5.74) is 6.41. The van der Waals surface area contributed by atoms with E-state index in [1.54, 1.807) is 12.1 Å². The molecular formula is C13H17NO3.